The first-order valence-corrected chi connectivity index (χ1v) is 23.5. The second-order valence-electron chi connectivity index (χ2n) is 14.9. The summed E-state index contributed by atoms with van der Waals surface area (Å²) < 4.78 is 2.57. The molecule has 0 radical (unpaired) electrons. The Hall–Kier alpha value is -6.35. The van der Waals surface area contributed by atoms with Crippen molar-refractivity contribution in [2.24, 2.45) is 0 Å². The molecular formula is C54H35N3S4. The first-order chi connectivity index (χ1) is 30.2. The van der Waals surface area contributed by atoms with Crippen LogP contribution in [0.5, 0.6) is 0 Å². The number of para-hydroxylation sites is 4. The maximum Gasteiger partial charge on any atom is 0.0640 e. The van der Waals surface area contributed by atoms with Gasteiger partial charge in [-0.25, -0.2) is 0 Å². The summed E-state index contributed by atoms with van der Waals surface area (Å²) in [5.74, 6) is 0. The third-order valence-electron chi connectivity index (χ3n) is 11.2. The minimum absolute atomic E-state index is 1.10. The van der Waals surface area contributed by atoms with Gasteiger partial charge in [-0.3, -0.25) is 0 Å². The molecule has 0 fully saturated rings. The third-order valence-corrected chi connectivity index (χ3v) is 16.1. The molecular weight excluding hydrogens is 819 g/mol. The molecule has 0 aliphatic carbocycles. The van der Waals surface area contributed by atoms with E-state index in [0.29, 0.717) is 0 Å². The predicted molar refractivity (Wildman–Crippen MR) is 262 cm³/mol. The van der Waals surface area contributed by atoms with E-state index in [9.17, 15) is 0 Å². The molecule has 0 bridgehead atoms. The van der Waals surface area contributed by atoms with E-state index in [1.54, 1.807) is 0 Å². The minimum Gasteiger partial charge on any atom is -0.310 e. The lowest BCUT2D eigenvalue weighted by atomic mass is 10.1. The fourth-order valence-corrected chi connectivity index (χ4v) is 13.2. The summed E-state index contributed by atoms with van der Waals surface area (Å²) in [6, 6.07) is 77.4. The fraction of sp³-hybridized carbons (Fsp3) is 0. The summed E-state index contributed by atoms with van der Waals surface area (Å²) in [6.07, 6.45) is 0. The van der Waals surface area contributed by atoms with Gasteiger partial charge in [-0.2, -0.15) is 0 Å². The molecule has 9 aromatic carbocycles. The maximum absolute atomic E-state index is 2.50. The molecule has 61 heavy (non-hydrogen) atoms. The topological polar surface area (TPSA) is 9.72 Å². The summed E-state index contributed by atoms with van der Waals surface area (Å²) in [4.78, 5) is 14.8. The summed E-state index contributed by atoms with van der Waals surface area (Å²) in [5.41, 5.74) is 10.2. The molecule has 290 valence electrons. The Morgan fingerprint density at radius 3 is 1.72 bits per heavy atom. The largest absolute Gasteiger partial charge is 0.310 e. The highest BCUT2D eigenvalue weighted by Gasteiger charge is 2.30. The molecule has 0 spiro atoms. The van der Waals surface area contributed by atoms with Crippen LogP contribution < -0.4 is 14.7 Å². The van der Waals surface area contributed by atoms with Crippen LogP contribution in [0.25, 0.3) is 20.2 Å². The van der Waals surface area contributed by atoms with Crippen molar-refractivity contribution in [3.63, 3.8) is 0 Å². The number of anilines is 9. The van der Waals surface area contributed by atoms with Crippen molar-refractivity contribution in [2.45, 2.75) is 29.4 Å². The van der Waals surface area contributed by atoms with Crippen molar-refractivity contribution >= 4 is 118 Å². The van der Waals surface area contributed by atoms with Gasteiger partial charge >= 0.3 is 0 Å². The summed E-state index contributed by atoms with van der Waals surface area (Å²) in [7, 11) is 0. The van der Waals surface area contributed by atoms with Crippen molar-refractivity contribution in [3.8, 4) is 0 Å². The third kappa shape index (κ3) is 6.39. The predicted octanol–water partition coefficient (Wildman–Crippen LogP) is 17.5. The van der Waals surface area contributed by atoms with Crippen LogP contribution in [0.15, 0.2) is 242 Å². The summed E-state index contributed by atoms with van der Waals surface area (Å²) in [5, 5.41) is 2.57. The number of hydrogen-bond acceptors (Lipinski definition) is 7. The molecule has 0 amide bonds. The number of thiophene rings is 1. The lowest BCUT2D eigenvalue weighted by Gasteiger charge is -2.35. The van der Waals surface area contributed by atoms with Crippen LogP contribution in [-0.2, 0) is 0 Å². The van der Waals surface area contributed by atoms with Crippen molar-refractivity contribution in [1.82, 2.24) is 0 Å². The van der Waals surface area contributed by atoms with Crippen LogP contribution in [0.4, 0.5) is 51.2 Å². The Labute approximate surface area is 371 Å². The van der Waals surface area contributed by atoms with Gasteiger partial charge in [0.2, 0.25) is 0 Å². The zero-order valence-corrected chi connectivity index (χ0v) is 35.9. The monoisotopic (exact) mass is 853 g/mol. The molecule has 0 saturated heterocycles. The maximum atomic E-state index is 2.50. The van der Waals surface area contributed by atoms with E-state index in [1.807, 2.05) is 46.6 Å². The van der Waals surface area contributed by atoms with E-state index in [0.717, 1.165) is 34.1 Å². The van der Waals surface area contributed by atoms with Crippen molar-refractivity contribution in [1.29, 1.82) is 0 Å². The number of hydrogen-bond donors (Lipinski definition) is 0. The van der Waals surface area contributed by atoms with Gasteiger partial charge in [0.15, 0.2) is 0 Å². The minimum atomic E-state index is 1.10. The molecule has 10 aromatic rings. The Bertz CT molecular complexity index is 3260. The molecule has 3 heterocycles. The van der Waals surface area contributed by atoms with Crippen molar-refractivity contribution in [2.75, 3.05) is 14.7 Å². The van der Waals surface area contributed by atoms with Gasteiger partial charge in [-0.15, -0.1) is 11.3 Å². The second kappa shape index (κ2) is 15.3. The molecule has 0 N–H and O–H groups in total. The Balaban J connectivity index is 1.09. The second-order valence-corrected chi connectivity index (χ2v) is 19.2. The average Bonchev–Trinajstić information content (AvgIpc) is 3.71. The average molecular weight is 854 g/mol. The first kappa shape index (κ1) is 36.5. The summed E-state index contributed by atoms with van der Waals surface area (Å²) >= 11 is 7.45. The Morgan fingerprint density at radius 2 is 0.934 bits per heavy atom. The number of nitrogens with zero attached hydrogens (tertiary/aromatic N) is 3. The highest BCUT2D eigenvalue weighted by Crippen LogP contribution is 2.58. The van der Waals surface area contributed by atoms with E-state index in [1.165, 1.54) is 66.6 Å². The molecule has 0 saturated carbocycles. The number of fused-ring (bicyclic) bond motifs is 7. The lowest BCUT2D eigenvalue weighted by molar-refractivity contribution is 1.11. The number of rotatable bonds is 7. The molecule has 1 aromatic heterocycles. The van der Waals surface area contributed by atoms with Crippen LogP contribution in [0.2, 0.25) is 0 Å². The molecule has 12 rings (SSSR count). The van der Waals surface area contributed by atoms with Gasteiger partial charge < -0.3 is 14.7 Å². The van der Waals surface area contributed by atoms with Crippen molar-refractivity contribution < 1.29 is 0 Å². The van der Waals surface area contributed by atoms with E-state index >= 15 is 0 Å². The van der Waals surface area contributed by atoms with Gasteiger partial charge in [-0.05, 0) is 103 Å². The van der Waals surface area contributed by atoms with Gasteiger partial charge in [0.25, 0.3) is 0 Å². The van der Waals surface area contributed by atoms with Crippen LogP contribution >= 0.6 is 46.6 Å². The van der Waals surface area contributed by atoms with Gasteiger partial charge in [0.05, 0.1) is 32.3 Å². The summed E-state index contributed by atoms with van der Waals surface area (Å²) in [6.45, 7) is 0. The SMILES string of the molecule is c1ccc(N(c2ccc3c(c2)Sc2ccccc2N3c2ccccc2)c2cc3c(c(N(c4ccccc4)c4cccc5c4sc4ccccc45)c2)Sc2ccccc2S3)cc1. The molecule has 2 aliphatic rings. The van der Waals surface area contributed by atoms with Gasteiger partial charge in [-0.1, -0.05) is 144 Å². The molecule has 0 atom stereocenters. The fourth-order valence-electron chi connectivity index (χ4n) is 8.55. The zero-order valence-electron chi connectivity index (χ0n) is 32.7. The number of benzene rings is 9. The van der Waals surface area contributed by atoms with E-state index < -0.39 is 0 Å². The quantitative estimate of drug-likeness (QED) is 0.157. The first-order valence-electron chi connectivity index (χ1n) is 20.2. The molecule has 0 unspecified atom stereocenters. The van der Waals surface area contributed by atoms with Gasteiger partial charge in [0, 0.05) is 68.4 Å². The van der Waals surface area contributed by atoms with E-state index in [4.69, 9.17) is 0 Å². The standard InChI is InChI=1S/C54H35N3S4/c1-4-17-36(18-5-1)55(39-31-32-44-51(34-39)58-48-28-13-11-25-43(48)56(44)37-19-6-2-7-20-37)40-33-46(54-52(35-40)59-49-29-14-15-30-50(49)61-54)57(38-21-8-3-9-22-38)45-26-16-24-42-41-23-10-12-27-47(41)60-53(42)45/h1-35H. The van der Waals surface area contributed by atoms with Crippen molar-refractivity contribution in [3.05, 3.63) is 212 Å². The highest BCUT2D eigenvalue weighted by atomic mass is 32.2. The van der Waals surface area contributed by atoms with E-state index in [2.05, 4.69) is 227 Å². The van der Waals surface area contributed by atoms with Gasteiger partial charge in [0.1, 0.15) is 0 Å². The van der Waals surface area contributed by atoms with Crippen LogP contribution in [0, 0.1) is 0 Å². The molecule has 2 aliphatic heterocycles. The Morgan fingerprint density at radius 1 is 0.344 bits per heavy atom. The van der Waals surface area contributed by atoms with Crippen LogP contribution in [-0.4, -0.2) is 0 Å². The smallest absolute Gasteiger partial charge is 0.0640 e. The van der Waals surface area contributed by atoms with E-state index in [-0.39, 0.29) is 0 Å². The molecule has 3 nitrogen and oxygen atoms in total. The van der Waals surface area contributed by atoms with Crippen LogP contribution in [0.1, 0.15) is 0 Å². The zero-order chi connectivity index (χ0) is 40.3. The lowest BCUT2D eigenvalue weighted by Crippen LogP contribution is -2.17. The molecule has 7 heteroatoms. The highest BCUT2D eigenvalue weighted by molar-refractivity contribution is 8.05. The normalized spacial score (nSPS) is 12.7. The Kier molecular flexibility index (Phi) is 9.14. The van der Waals surface area contributed by atoms with Crippen LogP contribution in [0.3, 0.4) is 0 Å².